The van der Waals surface area contributed by atoms with Gasteiger partial charge in [0.05, 0.1) is 7.11 Å². The molecule has 1 saturated heterocycles. The van der Waals surface area contributed by atoms with Gasteiger partial charge in [0.25, 0.3) is 0 Å². The van der Waals surface area contributed by atoms with Crippen molar-refractivity contribution in [1.82, 2.24) is 10.2 Å². The van der Waals surface area contributed by atoms with Crippen molar-refractivity contribution >= 4 is 5.97 Å². The summed E-state index contributed by atoms with van der Waals surface area (Å²) in [5, 5.41) is 3.49. The van der Waals surface area contributed by atoms with Gasteiger partial charge < -0.3 is 9.64 Å². The maximum atomic E-state index is 12.3. The molecule has 1 N–H and O–H groups in total. The van der Waals surface area contributed by atoms with E-state index in [0.717, 1.165) is 25.2 Å². The third-order valence-electron chi connectivity index (χ3n) is 5.16. The molecular formula is C17H32N2O2. The first-order valence-corrected chi connectivity index (χ1v) is 8.61. The van der Waals surface area contributed by atoms with Crippen molar-refractivity contribution in [3.8, 4) is 0 Å². The van der Waals surface area contributed by atoms with Gasteiger partial charge >= 0.3 is 5.97 Å². The third kappa shape index (κ3) is 3.78. The molecule has 0 amide bonds. The zero-order chi connectivity index (χ0) is 15.5. The number of carbonyl (C=O) groups excluding carboxylic acids is 1. The molecule has 21 heavy (non-hydrogen) atoms. The number of likely N-dealkylation sites (tertiary alicyclic amines) is 1. The molecule has 4 heteroatoms. The molecule has 0 spiro atoms. The van der Waals surface area contributed by atoms with Gasteiger partial charge in [-0.1, -0.05) is 13.3 Å². The average Bonchev–Trinajstić information content (AvgIpc) is 3.05. The summed E-state index contributed by atoms with van der Waals surface area (Å²) in [7, 11) is 1.51. The molecule has 2 fully saturated rings. The first kappa shape index (κ1) is 16.8. The van der Waals surface area contributed by atoms with Crippen molar-refractivity contribution in [2.75, 3.05) is 20.2 Å². The molecule has 0 aromatic rings. The summed E-state index contributed by atoms with van der Waals surface area (Å²) >= 11 is 0. The summed E-state index contributed by atoms with van der Waals surface area (Å²) in [6, 6.07) is 0.839. The summed E-state index contributed by atoms with van der Waals surface area (Å²) in [5.74, 6) is 0.782. The van der Waals surface area contributed by atoms with Crippen LogP contribution in [0.3, 0.4) is 0 Å². The maximum absolute atomic E-state index is 12.3. The van der Waals surface area contributed by atoms with Gasteiger partial charge in [-0.15, -0.1) is 0 Å². The van der Waals surface area contributed by atoms with Crippen LogP contribution in [-0.2, 0) is 9.53 Å². The van der Waals surface area contributed by atoms with Gasteiger partial charge in [-0.3, -0.25) is 10.1 Å². The van der Waals surface area contributed by atoms with Gasteiger partial charge in [0.2, 0.25) is 0 Å². The first-order chi connectivity index (χ1) is 10.0. The Balaban J connectivity index is 1.98. The zero-order valence-corrected chi connectivity index (χ0v) is 14.2. The summed E-state index contributed by atoms with van der Waals surface area (Å²) in [5.41, 5.74) is -0.462. The van der Waals surface area contributed by atoms with Gasteiger partial charge in [0.15, 0.2) is 0 Å². The summed E-state index contributed by atoms with van der Waals surface area (Å²) in [4.78, 5) is 14.9. The van der Waals surface area contributed by atoms with Crippen LogP contribution in [0.4, 0.5) is 0 Å². The molecule has 4 nitrogen and oxygen atoms in total. The predicted molar refractivity (Wildman–Crippen MR) is 85.2 cm³/mol. The van der Waals surface area contributed by atoms with E-state index < -0.39 is 5.54 Å². The second-order valence-electron chi connectivity index (χ2n) is 7.21. The number of hydrogen-bond acceptors (Lipinski definition) is 4. The Labute approximate surface area is 129 Å². The molecular weight excluding hydrogens is 264 g/mol. The van der Waals surface area contributed by atoms with Gasteiger partial charge in [-0.05, 0) is 58.4 Å². The Morgan fingerprint density at radius 3 is 2.81 bits per heavy atom. The minimum atomic E-state index is -0.462. The largest absolute Gasteiger partial charge is 0.468 e. The quantitative estimate of drug-likeness (QED) is 0.765. The number of hydrogen-bond donors (Lipinski definition) is 1. The lowest BCUT2D eigenvalue weighted by molar-refractivity contribution is -0.149. The number of ether oxygens (including phenoxy) is 1. The van der Waals surface area contributed by atoms with Crippen LogP contribution in [0.25, 0.3) is 0 Å². The van der Waals surface area contributed by atoms with Crippen LogP contribution >= 0.6 is 0 Å². The van der Waals surface area contributed by atoms with E-state index in [1.807, 2.05) is 0 Å². The third-order valence-corrected chi connectivity index (χ3v) is 5.16. The highest BCUT2D eigenvalue weighted by Gasteiger charge is 2.48. The van der Waals surface area contributed by atoms with Gasteiger partial charge in [-0.2, -0.15) is 0 Å². The molecule has 1 heterocycles. The van der Waals surface area contributed by atoms with E-state index in [1.54, 1.807) is 0 Å². The number of rotatable bonds is 6. The second kappa shape index (κ2) is 7.10. The van der Waals surface area contributed by atoms with Crippen LogP contribution in [0.2, 0.25) is 0 Å². The van der Waals surface area contributed by atoms with Crippen molar-refractivity contribution in [1.29, 1.82) is 0 Å². The number of methoxy groups -OCH3 is 1. The highest BCUT2D eigenvalue weighted by Crippen LogP contribution is 2.37. The molecule has 0 aromatic carbocycles. The van der Waals surface area contributed by atoms with E-state index in [-0.39, 0.29) is 5.97 Å². The van der Waals surface area contributed by atoms with Gasteiger partial charge in [0.1, 0.15) is 5.54 Å². The molecule has 1 saturated carbocycles. The summed E-state index contributed by atoms with van der Waals surface area (Å²) in [6.07, 6.45) is 6.86. The zero-order valence-electron chi connectivity index (χ0n) is 14.2. The van der Waals surface area contributed by atoms with Crippen LogP contribution in [0.15, 0.2) is 0 Å². The van der Waals surface area contributed by atoms with E-state index in [0.29, 0.717) is 12.1 Å². The molecule has 122 valence electrons. The van der Waals surface area contributed by atoms with Crippen LogP contribution in [0.5, 0.6) is 0 Å². The van der Waals surface area contributed by atoms with Gasteiger partial charge in [-0.25, -0.2) is 0 Å². The van der Waals surface area contributed by atoms with E-state index in [2.05, 4.69) is 31.0 Å². The minimum absolute atomic E-state index is 0.0806. The van der Waals surface area contributed by atoms with Crippen LogP contribution < -0.4 is 5.32 Å². The number of nitrogens with zero attached hydrogens (tertiary/aromatic N) is 1. The molecule has 0 aromatic heterocycles. The molecule has 1 aliphatic heterocycles. The average molecular weight is 296 g/mol. The standard InChI is InChI=1S/C17H32N2O2/c1-5-6-14-8-10-19(12-14)15-7-9-17(11-15,16(20)21-4)18-13(2)3/h13-15,18H,5-12H2,1-4H3. The van der Waals surface area contributed by atoms with Crippen molar-refractivity contribution in [2.24, 2.45) is 5.92 Å². The number of carbonyl (C=O) groups is 1. The molecule has 0 radical (unpaired) electrons. The van der Waals surface area contributed by atoms with E-state index >= 15 is 0 Å². The topological polar surface area (TPSA) is 41.6 Å². The highest BCUT2D eigenvalue weighted by atomic mass is 16.5. The Morgan fingerprint density at radius 2 is 2.19 bits per heavy atom. The molecule has 1 aliphatic carbocycles. The van der Waals surface area contributed by atoms with Crippen molar-refractivity contribution in [3.63, 3.8) is 0 Å². The van der Waals surface area contributed by atoms with Gasteiger partial charge in [0, 0.05) is 18.6 Å². The fraction of sp³-hybridized carbons (Fsp3) is 0.941. The monoisotopic (exact) mass is 296 g/mol. The van der Waals surface area contributed by atoms with Crippen LogP contribution in [0, 0.1) is 5.92 Å². The molecule has 2 rings (SSSR count). The van der Waals surface area contributed by atoms with Crippen LogP contribution in [0.1, 0.15) is 59.3 Å². The van der Waals surface area contributed by atoms with Crippen molar-refractivity contribution in [3.05, 3.63) is 0 Å². The molecule has 0 bridgehead atoms. The normalized spacial score (nSPS) is 33.8. The predicted octanol–water partition coefficient (Wildman–Crippen LogP) is 2.57. The fourth-order valence-corrected chi connectivity index (χ4v) is 4.29. The van der Waals surface area contributed by atoms with Crippen LogP contribution in [-0.4, -0.2) is 48.7 Å². The smallest absolute Gasteiger partial charge is 0.326 e. The lowest BCUT2D eigenvalue weighted by atomic mass is 9.96. The molecule has 3 atom stereocenters. The minimum Gasteiger partial charge on any atom is -0.468 e. The fourth-order valence-electron chi connectivity index (χ4n) is 4.29. The lowest BCUT2D eigenvalue weighted by Gasteiger charge is -2.31. The number of nitrogens with one attached hydrogen (secondary N) is 1. The van der Waals surface area contributed by atoms with E-state index in [1.165, 1.54) is 39.5 Å². The Bertz CT molecular complexity index is 359. The highest BCUT2D eigenvalue weighted by molar-refractivity contribution is 5.81. The maximum Gasteiger partial charge on any atom is 0.326 e. The summed E-state index contributed by atoms with van der Waals surface area (Å²) in [6.45, 7) is 8.90. The van der Waals surface area contributed by atoms with Crippen molar-refractivity contribution in [2.45, 2.75) is 76.9 Å². The Morgan fingerprint density at radius 1 is 1.43 bits per heavy atom. The first-order valence-electron chi connectivity index (χ1n) is 8.61. The lowest BCUT2D eigenvalue weighted by Crippen LogP contribution is -2.54. The molecule has 3 unspecified atom stereocenters. The molecule has 2 aliphatic rings. The second-order valence-corrected chi connectivity index (χ2v) is 7.21. The Hall–Kier alpha value is -0.610. The van der Waals surface area contributed by atoms with E-state index in [4.69, 9.17) is 4.74 Å². The van der Waals surface area contributed by atoms with E-state index in [9.17, 15) is 4.79 Å². The summed E-state index contributed by atoms with van der Waals surface area (Å²) < 4.78 is 5.09. The van der Waals surface area contributed by atoms with Crippen molar-refractivity contribution < 1.29 is 9.53 Å². The SMILES string of the molecule is CCCC1CCN(C2CCC(NC(C)C)(C(=O)OC)C2)C1. The Kier molecular flexibility index (Phi) is 5.67. The number of esters is 1.